The first-order chi connectivity index (χ1) is 9.77. The Kier molecular flexibility index (Phi) is 5.92. The molecule has 0 aliphatic rings. The van der Waals surface area contributed by atoms with Gasteiger partial charge in [-0.25, -0.2) is 8.42 Å². The number of nitro benzene ring substituents is 1. The number of nitrogens with zero attached hydrogens (tertiary/aromatic N) is 1. The largest absolute Gasteiger partial charge is 1.00 e. The molecule has 0 heterocycles. The Hall–Kier alpha value is -1.65. The average Bonchev–Trinajstić information content (AvgIpc) is 2.40. The second kappa shape index (κ2) is 7.07. The molecular formula is C12H10N3NaO5S. The van der Waals surface area contributed by atoms with Crippen molar-refractivity contribution in [3.63, 3.8) is 0 Å². The molecule has 110 valence electrons. The van der Waals surface area contributed by atoms with Crippen molar-refractivity contribution in [3.8, 4) is 0 Å². The molecule has 0 atom stereocenters. The Balaban J connectivity index is 0.00000242. The van der Waals surface area contributed by atoms with Crippen molar-refractivity contribution in [1.29, 1.82) is 0 Å². The van der Waals surface area contributed by atoms with Crippen LogP contribution in [0.1, 0.15) is 0 Å². The van der Waals surface area contributed by atoms with Gasteiger partial charge in [-0.3, -0.25) is 10.1 Å². The van der Waals surface area contributed by atoms with E-state index in [9.17, 15) is 23.1 Å². The van der Waals surface area contributed by atoms with Gasteiger partial charge < -0.3 is 15.6 Å². The zero-order chi connectivity index (χ0) is 15.6. The number of nitrogens with two attached hydrogens (primary N) is 1. The van der Waals surface area contributed by atoms with Crippen LogP contribution in [0.4, 0.5) is 22.7 Å². The molecule has 0 aliphatic carbocycles. The van der Waals surface area contributed by atoms with Crippen molar-refractivity contribution < 1.29 is 47.5 Å². The third-order valence-electron chi connectivity index (χ3n) is 2.64. The molecule has 3 N–H and O–H groups in total. The molecule has 0 radical (unpaired) electrons. The Morgan fingerprint density at radius 2 is 1.68 bits per heavy atom. The van der Waals surface area contributed by atoms with Crippen LogP contribution in [0, 0.1) is 10.1 Å². The molecule has 0 bridgehead atoms. The van der Waals surface area contributed by atoms with Gasteiger partial charge in [-0.1, -0.05) is 0 Å². The summed E-state index contributed by atoms with van der Waals surface area (Å²) in [7, 11) is -4.86. The first-order valence-corrected chi connectivity index (χ1v) is 7.05. The van der Waals surface area contributed by atoms with Crippen molar-refractivity contribution in [2.45, 2.75) is 4.90 Å². The van der Waals surface area contributed by atoms with Gasteiger partial charge in [0.2, 0.25) is 0 Å². The molecule has 22 heavy (non-hydrogen) atoms. The van der Waals surface area contributed by atoms with Gasteiger partial charge in [0.25, 0.3) is 5.69 Å². The van der Waals surface area contributed by atoms with E-state index in [4.69, 9.17) is 5.73 Å². The minimum absolute atomic E-state index is 0. The first-order valence-electron chi connectivity index (χ1n) is 5.64. The summed E-state index contributed by atoms with van der Waals surface area (Å²) < 4.78 is 33.7. The van der Waals surface area contributed by atoms with Gasteiger partial charge >= 0.3 is 29.6 Å². The molecule has 0 aromatic heterocycles. The normalized spacial score (nSPS) is 10.6. The molecule has 2 aromatic carbocycles. The smallest absolute Gasteiger partial charge is 0.744 e. The van der Waals surface area contributed by atoms with E-state index in [0.717, 1.165) is 12.1 Å². The van der Waals surface area contributed by atoms with E-state index >= 15 is 0 Å². The molecule has 0 aliphatic heterocycles. The van der Waals surface area contributed by atoms with Crippen LogP contribution >= 0.6 is 0 Å². The summed E-state index contributed by atoms with van der Waals surface area (Å²) in [5, 5.41) is 13.4. The van der Waals surface area contributed by atoms with E-state index in [1.807, 2.05) is 0 Å². The Labute approximate surface area is 148 Å². The number of nitrogens with one attached hydrogen (secondary N) is 1. The fourth-order valence-electron chi connectivity index (χ4n) is 1.66. The average molecular weight is 331 g/mol. The summed E-state index contributed by atoms with van der Waals surface area (Å²) >= 11 is 0. The first kappa shape index (κ1) is 18.4. The minimum Gasteiger partial charge on any atom is -0.744 e. The number of nitro groups is 1. The van der Waals surface area contributed by atoms with E-state index in [-0.39, 0.29) is 35.2 Å². The topological polar surface area (TPSA) is 138 Å². The van der Waals surface area contributed by atoms with Crippen molar-refractivity contribution >= 4 is 32.9 Å². The van der Waals surface area contributed by atoms with Gasteiger partial charge in [0.05, 0.1) is 15.5 Å². The van der Waals surface area contributed by atoms with Crippen LogP contribution in [0.5, 0.6) is 0 Å². The van der Waals surface area contributed by atoms with Crippen LogP contribution in [0.15, 0.2) is 47.4 Å². The van der Waals surface area contributed by atoms with Crippen LogP contribution in [0.3, 0.4) is 0 Å². The second-order valence-corrected chi connectivity index (χ2v) is 5.49. The SMILES string of the molecule is Nc1ccc(Nc2ccc([N+](=O)[O-])cc2S(=O)(=O)[O-])cc1.[Na+]. The Bertz CT molecular complexity index is 793. The van der Waals surface area contributed by atoms with Crippen LogP contribution in [-0.4, -0.2) is 17.9 Å². The number of rotatable bonds is 4. The van der Waals surface area contributed by atoms with Gasteiger partial charge in [0, 0.05) is 23.5 Å². The standard InChI is InChI=1S/C12H11N3O5S.Na/c13-8-1-3-9(4-2-8)14-11-6-5-10(15(16)17)7-12(11)21(18,19)20;/h1-7,14H,13H2,(H,18,19,20);/q;+1/p-1. The molecule has 0 saturated heterocycles. The van der Waals surface area contributed by atoms with E-state index in [0.29, 0.717) is 11.4 Å². The summed E-state index contributed by atoms with van der Waals surface area (Å²) in [6, 6.07) is 9.32. The van der Waals surface area contributed by atoms with Crippen molar-refractivity contribution in [2.75, 3.05) is 11.1 Å². The summed E-state index contributed by atoms with van der Waals surface area (Å²) in [5.74, 6) is 0. The van der Waals surface area contributed by atoms with Crippen molar-refractivity contribution in [1.82, 2.24) is 0 Å². The van der Waals surface area contributed by atoms with E-state index in [2.05, 4.69) is 5.32 Å². The fraction of sp³-hybridized carbons (Fsp3) is 0. The van der Waals surface area contributed by atoms with E-state index in [1.165, 1.54) is 6.07 Å². The molecular weight excluding hydrogens is 321 g/mol. The van der Waals surface area contributed by atoms with Crippen molar-refractivity contribution in [2.24, 2.45) is 0 Å². The fourth-order valence-corrected chi connectivity index (χ4v) is 2.31. The van der Waals surface area contributed by atoms with E-state index < -0.39 is 25.6 Å². The van der Waals surface area contributed by atoms with E-state index in [1.54, 1.807) is 24.3 Å². The van der Waals surface area contributed by atoms with Crippen LogP contribution in [0.25, 0.3) is 0 Å². The molecule has 10 heteroatoms. The number of nitrogen functional groups attached to an aromatic ring is 1. The maximum Gasteiger partial charge on any atom is 1.00 e. The monoisotopic (exact) mass is 331 g/mol. The molecule has 0 fully saturated rings. The molecule has 0 spiro atoms. The maximum atomic E-state index is 11.2. The zero-order valence-electron chi connectivity index (χ0n) is 11.5. The van der Waals surface area contributed by atoms with Crippen molar-refractivity contribution in [3.05, 3.63) is 52.6 Å². The van der Waals surface area contributed by atoms with Gasteiger partial charge in [-0.2, -0.15) is 0 Å². The van der Waals surface area contributed by atoms with Gasteiger partial charge in [0.15, 0.2) is 0 Å². The summed E-state index contributed by atoms with van der Waals surface area (Å²) in [6.07, 6.45) is 0. The van der Waals surface area contributed by atoms with Crippen LogP contribution < -0.4 is 40.6 Å². The molecule has 0 saturated carbocycles. The number of benzene rings is 2. The zero-order valence-corrected chi connectivity index (χ0v) is 14.3. The number of non-ortho nitro benzene ring substituents is 1. The molecule has 2 aromatic rings. The second-order valence-electron chi connectivity index (χ2n) is 4.14. The summed E-state index contributed by atoms with van der Waals surface area (Å²) in [6.45, 7) is 0. The van der Waals surface area contributed by atoms with Gasteiger partial charge in [0.1, 0.15) is 10.1 Å². The Morgan fingerprint density at radius 3 is 2.18 bits per heavy atom. The van der Waals surface area contributed by atoms with Crippen LogP contribution in [0.2, 0.25) is 0 Å². The summed E-state index contributed by atoms with van der Waals surface area (Å²) in [5.41, 5.74) is 6.01. The predicted molar refractivity (Wildman–Crippen MR) is 75.2 cm³/mol. The minimum atomic E-state index is -4.86. The third-order valence-corrected chi connectivity index (χ3v) is 3.51. The number of hydrogen-bond acceptors (Lipinski definition) is 7. The number of hydrogen-bond donors (Lipinski definition) is 2. The predicted octanol–water partition coefficient (Wildman–Crippen LogP) is -1.17. The summed E-state index contributed by atoms with van der Waals surface area (Å²) in [4.78, 5) is 9.20. The third kappa shape index (κ3) is 4.42. The van der Waals surface area contributed by atoms with Gasteiger partial charge in [-0.15, -0.1) is 0 Å². The molecule has 2 rings (SSSR count). The van der Waals surface area contributed by atoms with Gasteiger partial charge in [-0.05, 0) is 30.3 Å². The molecule has 0 amide bonds. The maximum absolute atomic E-state index is 11.2. The molecule has 8 nitrogen and oxygen atoms in total. The quantitative estimate of drug-likeness (QED) is 0.236. The molecule has 0 unspecified atom stereocenters. The van der Waals surface area contributed by atoms with Crippen LogP contribution in [-0.2, 0) is 10.1 Å². The Morgan fingerprint density at radius 1 is 1.09 bits per heavy atom. The number of anilines is 3.